The third-order valence-corrected chi connectivity index (χ3v) is 3.84. The SMILES string of the molecule is COc1ccc(/C=C(\C#N)C(=O)Nc2cc(Cl)ccc2Cl)cc1C. The van der Waals surface area contributed by atoms with Crippen molar-refractivity contribution in [1.82, 2.24) is 0 Å². The smallest absolute Gasteiger partial charge is 0.266 e. The quantitative estimate of drug-likeness (QED) is 0.625. The molecule has 0 atom stereocenters. The first-order valence-electron chi connectivity index (χ1n) is 6.97. The van der Waals surface area contributed by atoms with Crippen LogP contribution in [0.5, 0.6) is 5.75 Å². The van der Waals surface area contributed by atoms with Crippen LogP contribution in [0.25, 0.3) is 6.08 Å². The van der Waals surface area contributed by atoms with E-state index in [1.54, 1.807) is 31.4 Å². The van der Waals surface area contributed by atoms with Crippen molar-refractivity contribution < 1.29 is 9.53 Å². The molecule has 2 aromatic carbocycles. The van der Waals surface area contributed by atoms with Crippen LogP contribution in [0, 0.1) is 18.3 Å². The summed E-state index contributed by atoms with van der Waals surface area (Å²) in [5.74, 6) is 0.177. The Hall–Kier alpha value is -2.48. The molecule has 0 saturated heterocycles. The zero-order chi connectivity index (χ0) is 17.7. The third-order valence-electron chi connectivity index (χ3n) is 3.27. The highest BCUT2D eigenvalue weighted by Crippen LogP contribution is 2.26. The maximum absolute atomic E-state index is 12.3. The number of hydrogen-bond acceptors (Lipinski definition) is 3. The second-order valence-corrected chi connectivity index (χ2v) is 5.82. The highest BCUT2D eigenvalue weighted by Gasteiger charge is 2.12. The Balaban J connectivity index is 2.27. The van der Waals surface area contributed by atoms with Crippen LogP contribution in [0.15, 0.2) is 42.0 Å². The van der Waals surface area contributed by atoms with E-state index in [1.807, 2.05) is 19.1 Å². The van der Waals surface area contributed by atoms with Gasteiger partial charge in [0.1, 0.15) is 17.4 Å². The summed E-state index contributed by atoms with van der Waals surface area (Å²) in [7, 11) is 1.58. The van der Waals surface area contributed by atoms with Crippen LogP contribution >= 0.6 is 23.2 Å². The van der Waals surface area contributed by atoms with Crippen LogP contribution < -0.4 is 10.1 Å². The number of benzene rings is 2. The van der Waals surface area contributed by atoms with Gasteiger partial charge in [-0.3, -0.25) is 4.79 Å². The number of anilines is 1. The van der Waals surface area contributed by atoms with Gasteiger partial charge < -0.3 is 10.1 Å². The molecule has 0 fully saturated rings. The van der Waals surface area contributed by atoms with Crippen molar-refractivity contribution in [2.45, 2.75) is 6.92 Å². The fourth-order valence-corrected chi connectivity index (χ4v) is 2.43. The third kappa shape index (κ3) is 4.29. The zero-order valence-electron chi connectivity index (χ0n) is 13.1. The molecule has 0 unspecified atom stereocenters. The molecule has 1 amide bonds. The first kappa shape index (κ1) is 17.9. The summed E-state index contributed by atoms with van der Waals surface area (Å²) in [6, 6.07) is 12.0. The van der Waals surface area contributed by atoms with Crippen molar-refractivity contribution >= 4 is 40.9 Å². The lowest BCUT2D eigenvalue weighted by atomic mass is 10.1. The molecule has 0 radical (unpaired) electrons. The molecule has 2 aromatic rings. The van der Waals surface area contributed by atoms with E-state index in [-0.39, 0.29) is 5.57 Å². The molecule has 0 aliphatic heterocycles. The number of aryl methyl sites for hydroxylation is 1. The van der Waals surface area contributed by atoms with E-state index in [0.717, 1.165) is 16.9 Å². The number of ether oxygens (including phenoxy) is 1. The molecule has 122 valence electrons. The van der Waals surface area contributed by atoms with E-state index in [2.05, 4.69) is 5.32 Å². The minimum atomic E-state index is -0.560. The van der Waals surface area contributed by atoms with Gasteiger partial charge in [-0.2, -0.15) is 5.26 Å². The number of rotatable bonds is 4. The number of methoxy groups -OCH3 is 1. The highest BCUT2D eigenvalue weighted by atomic mass is 35.5. The Bertz CT molecular complexity index is 855. The van der Waals surface area contributed by atoms with Crippen LogP contribution in [-0.2, 0) is 4.79 Å². The molecule has 2 rings (SSSR count). The van der Waals surface area contributed by atoms with Crippen molar-refractivity contribution in [3.63, 3.8) is 0 Å². The van der Waals surface area contributed by atoms with Gasteiger partial charge in [0.15, 0.2) is 0 Å². The molecular formula is C18H14Cl2N2O2. The largest absolute Gasteiger partial charge is 0.496 e. The Morgan fingerprint density at radius 3 is 2.62 bits per heavy atom. The van der Waals surface area contributed by atoms with Gasteiger partial charge in [-0.05, 0) is 54.5 Å². The van der Waals surface area contributed by atoms with E-state index >= 15 is 0 Å². The predicted octanol–water partition coefficient (Wildman–Crippen LogP) is 4.86. The van der Waals surface area contributed by atoms with Crippen molar-refractivity contribution in [3.05, 3.63) is 63.1 Å². The lowest BCUT2D eigenvalue weighted by Crippen LogP contribution is -2.13. The van der Waals surface area contributed by atoms with Crippen molar-refractivity contribution in [2.24, 2.45) is 0 Å². The average molecular weight is 361 g/mol. The fraction of sp³-hybridized carbons (Fsp3) is 0.111. The zero-order valence-corrected chi connectivity index (χ0v) is 14.6. The minimum absolute atomic E-state index is 0.0457. The monoisotopic (exact) mass is 360 g/mol. The molecule has 0 aliphatic rings. The fourth-order valence-electron chi connectivity index (χ4n) is 2.09. The number of halogens is 2. The standard InChI is InChI=1S/C18H14Cl2N2O2/c1-11-7-12(3-6-17(11)24-2)8-13(10-21)18(23)22-16-9-14(19)4-5-15(16)20/h3-9H,1-2H3,(H,22,23)/b13-8+. The summed E-state index contributed by atoms with van der Waals surface area (Å²) >= 11 is 11.9. The van der Waals surface area contributed by atoms with Crippen LogP contribution in [0.4, 0.5) is 5.69 Å². The summed E-state index contributed by atoms with van der Waals surface area (Å²) < 4.78 is 5.19. The molecule has 0 aromatic heterocycles. The number of nitriles is 1. The van der Waals surface area contributed by atoms with E-state index in [9.17, 15) is 10.1 Å². The molecule has 1 N–H and O–H groups in total. The molecule has 0 saturated carbocycles. The molecule has 4 nitrogen and oxygen atoms in total. The second kappa shape index (κ2) is 7.87. The van der Waals surface area contributed by atoms with E-state index in [4.69, 9.17) is 27.9 Å². The molecular weight excluding hydrogens is 347 g/mol. The van der Waals surface area contributed by atoms with Gasteiger partial charge in [0.05, 0.1) is 17.8 Å². The highest BCUT2D eigenvalue weighted by molar-refractivity contribution is 6.36. The van der Waals surface area contributed by atoms with E-state index < -0.39 is 5.91 Å². The number of carbonyl (C=O) groups is 1. The summed E-state index contributed by atoms with van der Waals surface area (Å²) in [6.07, 6.45) is 1.50. The summed E-state index contributed by atoms with van der Waals surface area (Å²) in [5, 5.41) is 12.6. The minimum Gasteiger partial charge on any atom is -0.496 e. The number of hydrogen-bond donors (Lipinski definition) is 1. The van der Waals surface area contributed by atoms with Gasteiger partial charge in [-0.1, -0.05) is 29.3 Å². The van der Waals surface area contributed by atoms with Gasteiger partial charge in [0.2, 0.25) is 0 Å². The average Bonchev–Trinajstić information content (AvgIpc) is 2.56. The summed E-state index contributed by atoms with van der Waals surface area (Å²) in [6.45, 7) is 1.88. The molecule has 24 heavy (non-hydrogen) atoms. The van der Waals surface area contributed by atoms with Crippen molar-refractivity contribution in [1.29, 1.82) is 5.26 Å². The van der Waals surface area contributed by atoms with Crippen LogP contribution in [0.3, 0.4) is 0 Å². The number of nitrogens with one attached hydrogen (secondary N) is 1. The molecule has 0 bridgehead atoms. The van der Waals surface area contributed by atoms with Gasteiger partial charge >= 0.3 is 0 Å². The normalized spacial score (nSPS) is 10.9. The number of nitrogens with zero attached hydrogens (tertiary/aromatic N) is 1. The predicted molar refractivity (Wildman–Crippen MR) is 96.4 cm³/mol. The Labute approximate surface area is 150 Å². The summed E-state index contributed by atoms with van der Waals surface area (Å²) in [4.78, 5) is 12.3. The van der Waals surface area contributed by atoms with Gasteiger partial charge in [0, 0.05) is 5.02 Å². The van der Waals surface area contributed by atoms with Gasteiger partial charge in [-0.25, -0.2) is 0 Å². The van der Waals surface area contributed by atoms with Crippen molar-refractivity contribution in [3.8, 4) is 11.8 Å². The maximum atomic E-state index is 12.3. The Kier molecular flexibility index (Phi) is 5.86. The summed E-state index contributed by atoms with van der Waals surface area (Å²) in [5.41, 5.74) is 1.93. The molecule has 0 heterocycles. The Morgan fingerprint density at radius 1 is 1.25 bits per heavy atom. The second-order valence-electron chi connectivity index (χ2n) is 4.98. The topological polar surface area (TPSA) is 62.1 Å². The number of carbonyl (C=O) groups excluding carboxylic acids is 1. The Morgan fingerprint density at radius 2 is 2.00 bits per heavy atom. The van der Waals surface area contributed by atoms with Crippen LogP contribution in [0.1, 0.15) is 11.1 Å². The first-order valence-corrected chi connectivity index (χ1v) is 7.73. The van der Waals surface area contributed by atoms with E-state index in [0.29, 0.717) is 15.7 Å². The molecule has 6 heteroatoms. The lowest BCUT2D eigenvalue weighted by Gasteiger charge is -2.08. The lowest BCUT2D eigenvalue weighted by molar-refractivity contribution is -0.112. The number of amides is 1. The van der Waals surface area contributed by atoms with Crippen LogP contribution in [-0.4, -0.2) is 13.0 Å². The maximum Gasteiger partial charge on any atom is 0.266 e. The molecule has 0 spiro atoms. The van der Waals surface area contributed by atoms with Crippen molar-refractivity contribution in [2.75, 3.05) is 12.4 Å². The van der Waals surface area contributed by atoms with Crippen LogP contribution in [0.2, 0.25) is 10.0 Å². The molecule has 0 aliphatic carbocycles. The van der Waals surface area contributed by atoms with Gasteiger partial charge in [-0.15, -0.1) is 0 Å². The van der Waals surface area contributed by atoms with E-state index in [1.165, 1.54) is 12.1 Å². The van der Waals surface area contributed by atoms with Gasteiger partial charge in [0.25, 0.3) is 5.91 Å². The first-order chi connectivity index (χ1) is 11.4.